The first kappa shape index (κ1) is 14.0. The van der Waals surface area contributed by atoms with Crippen molar-refractivity contribution in [2.45, 2.75) is 18.7 Å². The Hall–Kier alpha value is -1.45. The first-order valence-electron chi connectivity index (χ1n) is 5.08. The Bertz CT molecular complexity index is 730. The van der Waals surface area contributed by atoms with Crippen LogP contribution in [0.2, 0.25) is 0 Å². The van der Waals surface area contributed by atoms with E-state index in [4.69, 9.17) is 5.11 Å². The molecule has 9 heteroatoms. The van der Waals surface area contributed by atoms with E-state index < -0.39 is 16.0 Å². The van der Waals surface area contributed by atoms with Gasteiger partial charge in [-0.05, 0) is 24.8 Å². The number of carboxylic acid groups (broad SMARTS) is 1. The molecular formula is C10H10N2O4S3. The standard InChI is InChI=1S/C10H10N2O4S3/c1-5-4-17-7(9(13)14)8(5)19(15,16)12-10-11-3-6(2)18-10/h3-4H,1-2H3,(H,11,12)(H,13,14). The Labute approximate surface area is 117 Å². The highest BCUT2D eigenvalue weighted by atomic mass is 32.2. The highest BCUT2D eigenvalue weighted by Crippen LogP contribution is 2.29. The summed E-state index contributed by atoms with van der Waals surface area (Å²) in [4.78, 5) is 15.4. The second-order valence-electron chi connectivity index (χ2n) is 3.76. The average Bonchev–Trinajstić information content (AvgIpc) is 2.84. The van der Waals surface area contributed by atoms with Gasteiger partial charge in [0.15, 0.2) is 5.13 Å². The lowest BCUT2D eigenvalue weighted by Gasteiger charge is -2.05. The van der Waals surface area contributed by atoms with Gasteiger partial charge in [-0.25, -0.2) is 18.2 Å². The molecule has 0 saturated heterocycles. The molecule has 0 saturated carbocycles. The Morgan fingerprint density at radius 2 is 2.11 bits per heavy atom. The van der Waals surface area contributed by atoms with Crippen molar-refractivity contribution in [1.82, 2.24) is 4.98 Å². The second-order valence-corrected chi connectivity index (χ2v) is 7.50. The van der Waals surface area contributed by atoms with Crippen LogP contribution < -0.4 is 4.72 Å². The fourth-order valence-corrected chi connectivity index (χ4v) is 5.02. The van der Waals surface area contributed by atoms with Crippen molar-refractivity contribution in [2.75, 3.05) is 4.72 Å². The zero-order valence-electron chi connectivity index (χ0n) is 10.00. The molecule has 0 aliphatic rings. The van der Waals surface area contributed by atoms with Crippen LogP contribution in [-0.4, -0.2) is 24.5 Å². The maximum atomic E-state index is 12.2. The maximum Gasteiger partial charge on any atom is 0.347 e. The van der Waals surface area contributed by atoms with Crippen LogP contribution in [0.15, 0.2) is 16.5 Å². The summed E-state index contributed by atoms with van der Waals surface area (Å²) in [6.07, 6.45) is 1.54. The third-order valence-corrected chi connectivity index (χ3v) is 5.92. The van der Waals surface area contributed by atoms with Crippen LogP contribution >= 0.6 is 22.7 Å². The highest BCUT2D eigenvalue weighted by molar-refractivity contribution is 7.93. The van der Waals surface area contributed by atoms with Crippen LogP contribution in [0.4, 0.5) is 5.13 Å². The summed E-state index contributed by atoms with van der Waals surface area (Å²) < 4.78 is 26.7. The quantitative estimate of drug-likeness (QED) is 0.902. The Kier molecular flexibility index (Phi) is 3.61. The number of hydrogen-bond acceptors (Lipinski definition) is 6. The second kappa shape index (κ2) is 4.91. The molecule has 102 valence electrons. The summed E-state index contributed by atoms with van der Waals surface area (Å²) in [5, 5.41) is 10.7. The molecule has 0 fully saturated rings. The fraction of sp³-hybridized carbons (Fsp3) is 0.200. The largest absolute Gasteiger partial charge is 0.477 e. The third kappa shape index (κ3) is 2.77. The normalized spacial score (nSPS) is 11.5. The molecule has 2 rings (SSSR count). The number of sulfonamides is 1. The number of carbonyl (C=O) groups is 1. The number of aryl methyl sites for hydroxylation is 2. The Morgan fingerprint density at radius 3 is 2.63 bits per heavy atom. The van der Waals surface area contributed by atoms with Crippen LogP contribution in [0.25, 0.3) is 0 Å². The highest BCUT2D eigenvalue weighted by Gasteiger charge is 2.27. The lowest BCUT2D eigenvalue weighted by atomic mass is 10.3. The molecule has 0 atom stereocenters. The van der Waals surface area contributed by atoms with Crippen LogP contribution in [0.3, 0.4) is 0 Å². The number of aromatic nitrogens is 1. The van der Waals surface area contributed by atoms with Gasteiger partial charge in [0.1, 0.15) is 9.77 Å². The zero-order chi connectivity index (χ0) is 14.2. The van der Waals surface area contributed by atoms with E-state index in [0.717, 1.165) is 16.2 Å². The number of carboxylic acids is 1. The van der Waals surface area contributed by atoms with Gasteiger partial charge in [-0.15, -0.1) is 22.7 Å². The van der Waals surface area contributed by atoms with E-state index in [1.807, 2.05) is 0 Å². The van der Waals surface area contributed by atoms with Gasteiger partial charge in [-0.3, -0.25) is 4.72 Å². The topological polar surface area (TPSA) is 96.4 Å². The van der Waals surface area contributed by atoms with Crippen LogP contribution in [0.1, 0.15) is 20.1 Å². The minimum atomic E-state index is -3.94. The van der Waals surface area contributed by atoms with Gasteiger partial charge >= 0.3 is 5.97 Å². The van der Waals surface area contributed by atoms with E-state index in [2.05, 4.69) is 9.71 Å². The molecule has 2 N–H and O–H groups in total. The van der Waals surface area contributed by atoms with Gasteiger partial charge in [-0.1, -0.05) is 0 Å². The summed E-state index contributed by atoms with van der Waals surface area (Å²) in [7, 11) is -3.94. The van der Waals surface area contributed by atoms with Crippen molar-refractivity contribution in [3.8, 4) is 0 Å². The maximum absolute atomic E-state index is 12.2. The SMILES string of the molecule is Cc1cnc(NS(=O)(=O)c2c(C)csc2C(=O)O)s1. The number of aromatic carboxylic acids is 1. The molecule has 2 aromatic rings. The van der Waals surface area contributed by atoms with Gasteiger partial charge in [0.25, 0.3) is 10.0 Å². The van der Waals surface area contributed by atoms with E-state index in [0.29, 0.717) is 5.56 Å². The van der Waals surface area contributed by atoms with E-state index in [9.17, 15) is 13.2 Å². The first-order valence-corrected chi connectivity index (χ1v) is 8.26. The minimum absolute atomic E-state index is 0.196. The van der Waals surface area contributed by atoms with E-state index in [-0.39, 0.29) is 14.9 Å². The van der Waals surface area contributed by atoms with E-state index in [1.54, 1.807) is 20.0 Å². The number of nitrogens with one attached hydrogen (secondary N) is 1. The number of anilines is 1. The van der Waals surface area contributed by atoms with Crippen molar-refractivity contribution in [1.29, 1.82) is 0 Å². The van der Waals surface area contributed by atoms with E-state index in [1.165, 1.54) is 16.7 Å². The molecule has 0 bridgehead atoms. The van der Waals surface area contributed by atoms with Gasteiger partial charge in [0, 0.05) is 11.1 Å². The summed E-state index contributed by atoms with van der Waals surface area (Å²) in [5.74, 6) is -1.26. The molecule has 19 heavy (non-hydrogen) atoms. The van der Waals surface area contributed by atoms with Crippen LogP contribution in [0.5, 0.6) is 0 Å². The molecule has 2 heterocycles. The molecule has 2 aromatic heterocycles. The number of hydrogen-bond donors (Lipinski definition) is 2. The van der Waals surface area contributed by atoms with E-state index >= 15 is 0 Å². The molecule has 0 spiro atoms. The number of thiophene rings is 1. The first-order chi connectivity index (χ1) is 8.81. The van der Waals surface area contributed by atoms with Gasteiger partial charge in [-0.2, -0.15) is 0 Å². The summed E-state index contributed by atoms with van der Waals surface area (Å²) in [6, 6.07) is 0. The average molecular weight is 318 g/mol. The van der Waals surface area contributed by atoms with Crippen molar-refractivity contribution in [3.05, 3.63) is 26.9 Å². The number of nitrogens with zero attached hydrogens (tertiary/aromatic N) is 1. The number of thiazole rings is 1. The predicted molar refractivity (Wildman–Crippen MR) is 73.7 cm³/mol. The Balaban J connectivity index is 2.45. The van der Waals surface area contributed by atoms with Crippen molar-refractivity contribution in [2.24, 2.45) is 0 Å². The van der Waals surface area contributed by atoms with Crippen molar-refractivity contribution < 1.29 is 18.3 Å². The lowest BCUT2D eigenvalue weighted by Crippen LogP contribution is -2.16. The molecule has 0 aromatic carbocycles. The molecule has 0 unspecified atom stereocenters. The molecule has 0 radical (unpaired) electrons. The fourth-order valence-electron chi connectivity index (χ4n) is 1.48. The smallest absolute Gasteiger partial charge is 0.347 e. The third-order valence-electron chi connectivity index (χ3n) is 2.22. The monoisotopic (exact) mass is 318 g/mol. The van der Waals surface area contributed by atoms with Gasteiger partial charge in [0.05, 0.1) is 0 Å². The van der Waals surface area contributed by atoms with Gasteiger partial charge in [0.2, 0.25) is 0 Å². The van der Waals surface area contributed by atoms with Crippen LogP contribution in [0, 0.1) is 13.8 Å². The molecular weight excluding hydrogens is 308 g/mol. The molecule has 6 nitrogen and oxygen atoms in total. The van der Waals surface area contributed by atoms with Crippen LogP contribution in [-0.2, 0) is 10.0 Å². The molecule has 0 aliphatic heterocycles. The lowest BCUT2D eigenvalue weighted by molar-refractivity contribution is 0.0698. The van der Waals surface area contributed by atoms with Crippen molar-refractivity contribution >= 4 is 43.8 Å². The van der Waals surface area contributed by atoms with Crippen molar-refractivity contribution in [3.63, 3.8) is 0 Å². The number of rotatable bonds is 4. The Morgan fingerprint density at radius 1 is 1.42 bits per heavy atom. The molecule has 0 amide bonds. The summed E-state index contributed by atoms with van der Waals surface area (Å²) in [5.41, 5.74) is 0.406. The predicted octanol–water partition coefficient (Wildman–Crippen LogP) is 2.32. The summed E-state index contributed by atoms with van der Waals surface area (Å²) >= 11 is 2.08. The summed E-state index contributed by atoms with van der Waals surface area (Å²) in [6.45, 7) is 3.36. The zero-order valence-corrected chi connectivity index (χ0v) is 12.4. The molecule has 0 aliphatic carbocycles. The van der Waals surface area contributed by atoms with Gasteiger partial charge < -0.3 is 5.11 Å². The minimum Gasteiger partial charge on any atom is -0.477 e.